The normalized spacial score (nSPS) is 11.3. The Labute approximate surface area is 141 Å². The third-order valence-electron chi connectivity index (χ3n) is 2.92. The van der Waals surface area contributed by atoms with Crippen LogP contribution in [0.25, 0.3) is 0 Å². The molecule has 0 radical (unpaired) electrons. The summed E-state index contributed by atoms with van der Waals surface area (Å²) in [6, 6.07) is 13.2. The second-order valence-electron chi connectivity index (χ2n) is 4.46. The molecule has 0 spiro atoms. The van der Waals surface area contributed by atoms with E-state index in [1.165, 1.54) is 11.3 Å². The first-order chi connectivity index (χ1) is 10.6. The van der Waals surface area contributed by atoms with Gasteiger partial charge in [-0.05, 0) is 47.0 Å². The number of hydrogen-bond donors (Lipinski definition) is 0. The molecule has 0 atom stereocenters. The molecule has 5 heteroatoms. The van der Waals surface area contributed by atoms with Gasteiger partial charge in [0.25, 0.3) is 0 Å². The lowest BCUT2D eigenvalue weighted by Crippen LogP contribution is -2.16. The van der Waals surface area contributed by atoms with E-state index in [-0.39, 0.29) is 18.0 Å². The van der Waals surface area contributed by atoms with Crippen molar-refractivity contribution >= 4 is 39.0 Å². The highest BCUT2D eigenvalue weighted by molar-refractivity contribution is 9.11. The fraction of sp³-hybridized carbons (Fsp3) is 0.176. The Morgan fingerprint density at radius 3 is 2.50 bits per heavy atom. The summed E-state index contributed by atoms with van der Waals surface area (Å²) >= 11 is 4.62. The van der Waals surface area contributed by atoms with Crippen LogP contribution < -0.4 is 0 Å². The Morgan fingerprint density at radius 1 is 1.18 bits per heavy atom. The van der Waals surface area contributed by atoms with Gasteiger partial charge in [0.05, 0.1) is 15.3 Å². The molecule has 1 heterocycles. The summed E-state index contributed by atoms with van der Waals surface area (Å²) in [5.74, 6) is -0.877. The molecular formula is C17H15BrO3S. The summed E-state index contributed by atoms with van der Waals surface area (Å²) in [5, 5.41) is 0. The molecule has 0 fully saturated rings. The molecule has 2 rings (SSSR count). The van der Waals surface area contributed by atoms with Crippen LogP contribution in [0.1, 0.15) is 22.2 Å². The molecule has 114 valence electrons. The van der Waals surface area contributed by atoms with Gasteiger partial charge in [0, 0.05) is 0 Å². The van der Waals surface area contributed by atoms with Crippen molar-refractivity contribution in [2.24, 2.45) is 0 Å². The number of carbonyl (C=O) groups excluding carboxylic acids is 2. The summed E-state index contributed by atoms with van der Waals surface area (Å²) in [6.45, 7) is 1.96. The van der Waals surface area contributed by atoms with Crippen LogP contribution in [0.2, 0.25) is 0 Å². The highest BCUT2D eigenvalue weighted by Gasteiger charge is 2.22. The molecule has 1 aromatic heterocycles. The van der Waals surface area contributed by atoms with Crippen molar-refractivity contribution < 1.29 is 14.3 Å². The number of esters is 1. The van der Waals surface area contributed by atoms with Gasteiger partial charge in [-0.2, -0.15) is 0 Å². The number of thiophene rings is 1. The monoisotopic (exact) mass is 378 g/mol. The van der Waals surface area contributed by atoms with Crippen LogP contribution in [0.4, 0.5) is 0 Å². The number of halogens is 1. The molecule has 0 aliphatic rings. The van der Waals surface area contributed by atoms with E-state index >= 15 is 0 Å². The molecular weight excluding hydrogens is 364 g/mol. The molecule has 3 nitrogen and oxygen atoms in total. The number of allylic oxidation sites excluding steroid dienone is 1. The summed E-state index contributed by atoms with van der Waals surface area (Å²) in [5.41, 5.74) is 1.12. The second kappa shape index (κ2) is 8.06. The lowest BCUT2D eigenvalue weighted by molar-refractivity contribution is -0.138. The van der Waals surface area contributed by atoms with E-state index in [1.54, 1.807) is 25.1 Å². The average Bonchev–Trinajstić information content (AvgIpc) is 2.95. The van der Waals surface area contributed by atoms with E-state index in [0.29, 0.717) is 11.3 Å². The van der Waals surface area contributed by atoms with Crippen molar-refractivity contribution in [2.75, 3.05) is 6.61 Å². The van der Waals surface area contributed by atoms with Crippen LogP contribution >= 0.6 is 27.3 Å². The number of ether oxygens (including phenoxy) is 1. The molecule has 0 amide bonds. The lowest BCUT2D eigenvalue weighted by atomic mass is 10.1. The predicted octanol–water partition coefficient (Wildman–Crippen LogP) is 4.43. The second-order valence-corrected chi connectivity index (χ2v) is 6.92. The molecule has 0 unspecified atom stereocenters. The smallest absolute Gasteiger partial charge is 0.341 e. The minimum atomic E-state index is -0.576. The molecule has 22 heavy (non-hydrogen) atoms. The maximum absolute atomic E-state index is 12.5. The molecule has 0 saturated heterocycles. The molecule has 0 N–H and O–H groups in total. The summed E-state index contributed by atoms with van der Waals surface area (Å²) < 4.78 is 5.86. The van der Waals surface area contributed by atoms with Gasteiger partial charge >= 0.3 is 5.97 Å². The maximum atomic E-state index is 12.5. The van der Waals surface area contributed by atoms with Crippen LogP contribution in [0.15, 0.2) is 57.9 Å². The number of Topliss-reactive ketones (excluding diaryl/α,β-unsaturated/α-hetero) is 1. The quantitative estimate of drug-likeness (QED) is 0.245. The number of benzene rings is 1. The fourth-order valence-corrected chi connectivity index (χ4v) is 3.22. The molecule has 2 aromatic rings. The minimum Gasteiger partial charge on any atom is -0.462 e. The topological polar surface area (TPSA) is 43.4 Å². The summed E-state index contributed by atoms with van der Waals surface area (Å²) in [4.78, 5) is 25.1. The Hall–Kier alpha value is -1.72. The van der Waals surface area contributed by atoms with E-state index in [9.17, 15) is 9.59 Å². The predicted molar refractivity (Wildman–Crippen MR) is 91.2 cm³/mol. The highest BCUT2D eigenvalue weighted by atomic mass is 79.9. The molecule has 0 bridgehead atoms. The van der Waals surface area contributed by atoms with Gasteiger partial charge in [-0.3, -0.25) is 4.79 Å². The van der Waals surface area contributed by atoms with Gasteiger partial charge in [-0.1, -0.05) is 36.4 Å². The summed E-state index contributed by atoms with van der Waals surface area (Å²) in [6.07, 6.45) is 2.15. The fourth-order valence-electron chi connectivity index (χ4n) is 1.88. The van der Waals surface area contributed by atoms with Crippen molar-refractivity contribution in [3.05, 3.63) is 68.3 Å². The number of carbonyl (C=O) groups is 2. The SMILES string of the molecule is CCOC(=O)/C(=C\Cc1ccccc1)C(=O)c1ccc(Br)s1. The van der Waals surface area contributed by atoms with Gasteiger partial charge in [-0.15, -0.1) is 11.3 Å². The van der Waals surface area contributed by atoms with E-state index < -0.39 is 5.97 Å². The lowest BCUT2D eigenvalue weighted by Gasteiger charge is -2.05. The summed E-state index contributed by atoms with van der Waals surface area (Å²) in [7, 11) is 0. The molecule has 0 saturated carbocycles. The minimum absolute atomic E-state index is 0.0834. The third-order valence-corrected chi connectivity index (χ3v) is 4.54. The average molecular weight is 379 g/mol. The molecule has 1 aromatic carbocycles. The standard InChI is InChI=1S/C17H15BrO3S/c1-2-21-17(20)13(9-8-12-6-4-3-5-7-12)16(19)14-10-11-15(18)22-14/h3-7,9-11H,2,8H2,1H3/b13-9-. The van der Waals surface area contributed by atoms with E-state index in [1.807, 2.05) is 30.3 Å². The Bertz CT molecular complexity index is 689. The van der Waals surface area contributed by atoms with Crippen molar-refractivity contribution in [3.8, 4) is 0 Å². The largest absolute Gasteiger partial charge is 0.462 e. The van der Waals surface area contributed by atoms with E-state index in [2.05, 4.69) is 15.9 Å². The van der Waals surface area contributed by atoms with Crippen LogP contribution in [0, 0.1) is 0 Å². The van der Waals surface area contributed by atoms with Crippen LogP contribution in [0.5, 0.6) is 0 Å². The van der Waals surface area contributed by atoms with E-state index in [0.717, 1.165) is 9.35 Å². The van der Waals surface area contributed by atoms with Crippen molar-refractivity contribution in [1.29, 1.82) is 0 Å². The van der Waals surface area contributed by atoms with Gasteiger partial charge in [0.1, 0.15) is 5.57 Å². The third kappa shape index (κ3) is 4.39. The highest BCUT2D eigenvalue weighted by Crippen LogP contribution is 2.25. The Morgan fingerprint density at radius 2 is 1.91 bits per heavy atom. The van der Waals surface area contributed by atoms with Gasteiger partial charge in [0.2, 0.25) is 5.78 Å². The van der Waals surface area contributed by atoms with Crippen molar-refractivity contribution in [1.82, 2.24) is 0 Å². The Kier molecular flexibility index (Phi) is 6.10. The molecule has 0 aliphatic carbocycles. The zero-order valence-corrected chi connectivity index (χ0v) is 14.4. The first-order valence-corrected chi connectivity index (χ1v) is 8.44. The van der Waals surface area contributed by atoms with E-state index in [4.69, 9.17) is 4.74 Å². The zero-order valence-electron chi connectivity index (χ0n) is 12.0. The van der Waals surface area contributed by atoms with Crippen LogP contribution in [-0.2, 0) is 16.0 Å². The number of hydrogen-bond acceptors (Lipinski definition) is 4. The first-order valence-electron chi connectivity index (χ1n) is 6.83. The van der Waals surface area contributed by atoms with Gasteiger partial charge in [0.15, 0.2) is 0 Å². The number of ketones is 1. The number of rotatable bonds is 6. The Balaban J connectivity index is 2.26. The van der Waals surface area contributed by atoms with Crippen LogP contribution in [-0.4, -0.2) is 18.4 Å². The van der Waals surface area contributed by atoms with Crippen LogP contribution in [0.3, 0.4) is 0 Å². The van der Waals surface area contributed by atoms with Crippen molar-refractivity contribution in [2.45, 2.75) is 13.3 Å². The van der Waals surface area contributed by atoms with Gasteiger partial charge in [-0.25, -0.2) is 4.79 Å². The molecule has 0 aliphatic heterocycles. The zero-order chi connectivity index (χ0) is 15.9. The van der Waals surface area contributed by atoms with Crippen molar-refractivity contribution in [3.63, 3.8) is 0 Å². The first kappa shape index (κ1) is 16.6. The van der Waals surface area contributed by atoms with Gasteiger partial charge < -0.3 is 4.74 Å². The maximum Gasteiger partial charge on any atom is 0.341 e.